The van der Waals surface area contributed by atoms with Crippen LogP contribution in [0, 0.1) is 5.92 Å². The van der Waals surface area contributed by atoms with Crippen molar-refractivity contribution in [1.82, 2.24) is 9.29 Å². The van der Waals surface area contributed by atoms with Crippen molar-refractivity contribution < 1.29 is 17.9 Å². The van der Waals surface area contributed by atoms with Gasteiger partial charge in [0.25, 0.3) is 0 Å². The minimum absolute atomic E-state index is 0.167. The number of rotatable bonds is 5. The highest BCUT2D eigenvalue weighted by Crippen LogP contribution is 2.43. The summed E-state index contributed by atoms with van der Waals surface area (Å²) in [6, 6.07) is 3.25. The van der Waals surface area contributed by atoms with Crippen molar-refractivity contribution in [3.8, 4) is 0 Å². The Balaban J connectivity index is 1.68. The highest BCUT2D eigenvalue weighted by Gasteiger charge is 2.47. The molecule has 2 saturated heterocycles. The number of methoxy groups -OCH3 is 1. The molecule has 7 heteroatoms. The maximum absolute atomic E-state index is 12.7. The summed E-state index contributed by atoms with van der Waals surface area (Å²) < 4.78 is 38.2. The van der Waals surface area contributed by atoms with Crippen LogP contribution in [0.4, 0.5) is 0 Å². The van der Waals surface area contributed by atoms with Crippen LogP contribution < -0.4 is 0 Å². The molecule has 1 aromatic rings. The molecule has 128 valence electrons. The van der Waals surface area contributed by atoms with Crippen LogP contribution in [-0.4, -0.2) is 56.7 Å². The lowest BCUT2D eigenvalue weighted by atomic mass is 9.78. The van der Waals surface area contributed by atoms with E-state index < -0.39 is 10.0 Å². The number of pyridine rings is 1. The highest BCUT2D eigenvalue weighted by atomic mass is 32.2. The topological polar surface area (TPSA) is 68.7 Å². The Morgan fingerprint density at radius 3 is 2.87 bits per heavy atom. The highest BCUT2D eigenvalue weighted by molar-refractivity contribution is 7.89. The molecule has 0 N–H and O–H groups in total. The third-order valence-corrected chi connectivity index (χ3v) is 6.99. The van der Waals surface area contributed by atoms with Crippen molar-refractivity contribution in [2.75, 3.05) is 33.4 Å². The second-order valence-electron chi connectivity index (χ2n) is 6.27. The fraction of sp³-hybridized carbons (Fsp3) is 0.688. The molecule has 2 aliphatic heterocycles. The van der Waals surface area contributed by atoms with E-state index in [4.69, 9.17) is 9.47 Å². The van der Waals surface area contributed by atoms with E-state index in [2.05, 4.69) is 4.98 Å². The first-order chi connectivity index (χ1) is 11.1. The summed E-state index contributed by atoms with van der Waals surface area (Å²) in [5.74, 6) is 0.464. The lowest BCUT2D eigenvalue weighted by molar-refractivity contribution is -0.0603. The van der Waals surface area contributed by atoms with Crippen molar-refractivity contribution in [2.45, 2.75) is 36.2 Å². The van der Waals surface area contributed by atoms with Gasteiger partial charge in [-0.25, -0.2) is 8.42 Å². The Bertz CT molecular complexity index is 612. The Morgan fingerprint density at radius 2 is 2.22 bits per heavy atom. The minimum atomic E-state index is -3.45. The summed E-state index contributed by atoms with van der Waals surface area (Å²) in [6.45, 7) is 2.50. The summed E-state index contributed by atoms with van der Waals surface area (Å²) in [7, 11) is -1.74. The normalized spacial score (nSPS) is 25.0. The second kappa shape index (κ2) is 6.84. The van der Waals surface area contributed by atoms with Gasteiger partial charge in [0.15, 0.2) is 0 Å². The fourth-order valence-electron chi connectivity index (χ4n) is 3.76. The fourth-order valence-corrected chi connectivity index (χ4v) is 5.17. The van der Waals surface area contributed by atoms with Crippen molar-refractivity contribution in [2.24, 2.45) is 5.92 Å². The Morgan fingerprint density at radius 1 is 1.43 bits per heavy atom. The predicted octanol–water partition coefficient (Wildman–Crippen LogP) is 1.68. The molecule has 2 fully saturated rings. The van der Waals surface area contributed by atoms with Gasteiger partial charge in [0.1, 0.15) is 4.90 Å². The molecule has 6 nitrogen and oxygen atoms in total. The standard InChI is InChI=1S/C16H24N2O4S/c1-21-11-4-14-5-12-22-16(14)6-9-18(10-7-16)23(19,20)15-3-2-8-17-13-15/h2-3,8,13-14H,4-7,9-12H2,1H3. The van der Waals surface area contributed by atoms with Gasteiger partial charge in [-0.2, -0.15) is 4.31 Å². The zero-order valence-electron chi connectivity index (χ0n) is 13.5. The van der Waals surface area contributed by atoms with Crippen molar-refractivity contribution in [3.63, 3.8) is 0 Å². The quantitative estimate of drug-likeness (QED) is 0.816. The minimum Gasteiger partial charge on any atom is -0.385 e. The molecule has 1 spiro atoms. The van der Waals surface area contributed by atoms with Crippen LogP contribution in [0.3, 0.4) is 0 Å². The van der Waals surface area contributed by atoms with Gasteiger partial charge in [-0.3, -0.25) is 4.98 Å². The van der Waals surface area contributed by atoms with Gasteiger partial charge in [-0.05, 0) is 43.7 Å². The number of sulfonamides is 1. The van der Waals surface area contributed by atoms with Gasteiger partial charge in [0.05, 0.1) is 5.60 Å². The number of nitrogens with zero attached hydrogens (tertiary/aromatic N) is 2. The Hall–Kier alpha value is -1.02. The van der Waals surface area contributed by atoms with Crippen molar-refractivity contribution >= 4 is 10.0 Å². The van der Waals surface area contributed by atoms with Crippen molar-refractivity contribution in [3.05, 3.63) is 24.5 Å². The average Bonchev–Trinajstić information content (AvgIpc) is 2.96. The van der Waals surface area contributed by atoms with Crippen LogP contribution in [0.2, 0.25) is 0 Å². The van der Waals surface area contributed by atoms with Crippen LogP contribution in [0.25, 0.3) is 0 Å². The Labute approximate surface area is 137 Å². The smallest absolute Gasteiger partial charge is 0.244 e. The largest absolute Gasteiger partial charge is 0.385 e. The van der Waals surface area contributed by atoms with E-state index in [-0.39, 0.29) is 10.5 Å². The van der Waals surface area contributed by atoms with Crippen LogP contribution in [0.1, 0.15) is 25.7 Å². The molecule has 23 heavy (non-hydrogen) atoms. The SMILES string of the molecule is COCCC1CCOC12CCN(S(=O)(=O)c1cccnc1)CC2. The van der Waals surface area contributed by atoms with Gasteiger partial charge in [0.2, 0.25) is 10.0 Å². The lowest BCUT2D eigenvalue weighted by Crippen LogP contribution is -2.49. The van der Waals surface area contributed by atoms with Gasteiger partial charge in [-0.15, -0.1) is 0 Å². The van der Waals surface area contributed by atoms with E-state index in [1.807, 2.05) is 0 Å². The molecule has 2 aliphatic rings. The van der Waals surface area contributed by atoms with Crippen LogP contribution in [0.15, 0.2) is 29.4 Å². The second-order valence-corrected chi connectivity index (χ2v) is 8.21. The monoisotopic (exact) mass is 340 g/mol. The van der Waals surface area contributed by atoms with E-state index >= 15 is 0 Å². The number of hydrogen-bond donors (Lipinski definition) is 0. The van der Waals surface area contributed by atoms with Gasteiger partial charge >= 0.3 is 0 Å². The van der Waals surface area contributed by atoms with Crippen LogP contribution in [0.5, 0.6) is 0 Å². The van der Waals surface area contributed by atoms with Crippen molar-refractivity contribution in [1.29, 1.82) is 0 Å². The van der Waals surface area contributed by atoms with E-state index in [1.54, 1.807) is 29.7 Å². The predicted molar refractivity (Wildman–Crippen MR) is 85.5 cm³/mol. The molecule has 0 amide bonds. The van der Waals surface area contributed by atoms with E-state index in [1.165, 1.54) is 6.20 Å². The molecule has 0 saturated carbocycles. The van der Waals surface area contributed by atoms with Gasteiger partial charge in [-0.1, -0.05) is 0 Å². The summed E-state index contributed by atoms with van der Waals surface area (Å²) >= 11 is 0. The van der Waals surface area contributed by atoms with Crippen LogP contribution >= 0.6 is 0 Å². The maximum Gasteiger partial charge on any atom is 0.244 e. The molecule has 0 bridgehead atoms. The number of hydrogen-bond acceptors (Lipinski definition) is 5. The number of ether oxygens (including phenoxy) is 2. The summed E-state index contributed by atoms with van der Waals surface area (Å²) in [6.07, 6.45) is 6.51. The lowest BCUT2D eigenvalue weighted by Gasteiger charge is -2.41. The average molecular weight is 340 g/mol. The maximum atomic E-state index is 12.7. The molecular formula is C16H24N2O4S. The first kappa shape index (κ1) is 16.8. The molecule has 0 aromatic carbocycles. The molecule has 1 aromatic heterocycles. The van der Waals surface area contributed by atoms with E-state index in [0.717, 1.165) is 38.9 Å². The summed E-state index contributed by atoms with van der Waals surface area (Å²) in [5, 5.41) is 0. The summed E-state index contributed by atoms with van der Waals surface area (Å²) in [5.41, 5.74) is -0.167. The first-order valence-corrected chi connectivity index (χ1v) is 9.55. The Kier molecular flexibility index (Phi) is 5.01. The molecule has 0 aliphatic carbocycles. The molecule has 0 radical (unpaired) electrons. The zero-order valence-corrected chi connectivity index (χ0v) is 14.3. The third-order valence-electron chi connectivity index (χ3n) is 5.11. The summed E-state index contributed by atoms with van der Waals surface area (Å²) in [4.78, 5) is 4.18. The molecule has 1 unspecified atom stereocenters. The molecular weight excluding hydrogens is 316 g/mol. The number of piperidine rings is 1. The third kappa shape index (κ3) is 3.28. The van der Waals surface area contributed by atoms with E-state index in [9.17, 15) is 8.42 Å². The first-order valence-electron chi connectivity index (χ1n) is 8.11. The van der Waals surface area contributed by atoms with Gasteiger partial charge in [0, 0.05) is 45.8 Å². The molecule has 3 heterocycles. The van der Waals surface area contributed by atoms with Gasteiger partial charge < -0.3 is 9.47 Å². The number of aromatic nitrogens is 1. The molecule has 1 atom stereocenters. The van der Waals surface area contributed by atoms with E-state index in [0.29, 0.717) is 19.0 Å². The van der Waals surface area contributed by atoms with Crippen LogP contribution in [-0.2, 0) is 19.5 Å². The molecule has 3 rings (SSSR count). The zero-order chi connectivity index (χ0) is 16.3.